The van der Waals surface area contributed by atoms with Crippen LogP contribution >= 0.6 is 11.8 Å². The normalized spacial score (nSPS) is 10.5. The van der Waals surface area contributed by atoms with Crippen LogP contribution in [0.25, 0.3) is 0 Å². The molecule has 0 unspecified atom stereocenters. The zero-order valence-electron chi connectivity index (χ0n) is 14.3. The fourth-order valence-corrected chi connectivity index (χ4v) is 2.84. The molecule has 0 aliphatic carbocycles. The minimum atomic E-state index is -0.137. The van der Waals surface area contributed by atoms with Gasteiger partial charge in [0, 0.05) is 5.69 Å². The van der Waals surface area contributed by atoms with Crippen LogP contribution in [0.1, 0.15) is 18.4 Å². The first-order valence-corrected chi connectivity index (χ1v) is 9.23. The van der Waals surface area contributed by atoms with Gasteiger partial charge in [0.1, 0.15) is 5.75 Å². The van der Waals surface area contributed by atoms with Crippen LogP contribution in [0.4, 0.5) is 5.69 Å². The second-order valence-electron chi connectivity index (χ2n) is 5.42. The molecule has 1 heterocycles. The maximum Gasteiger partial charge on any atom is 0.277 e. The maximum absolute atomic E-state index is 12.0. The molecule has 6 nitrogen and oxygen atoms in total. The SMILES string of the molecule is CCOc1ccc(NC(=O)CSc2nnc(Cc3ccccc3)o2)cc1. The largest absolute Gasteiger partial charge is 0.494 e. The molecule has 0 aliphatic heterocycles. The van der Waals surface area contributed by atoms with Crippen molar-refractivity contribution in [2.24, 2.45) is 0 Å². The third-order valence-corrected chi connectivity index (χ3v) is 4.24. The van der Waals surface area contributed by atoms with Gasteiger partial charge in [0.2, 0.25) is 11.8 Å². The standard InChI is InChI=1S/C19H19N3O3S/c1-2-24-16-10-8-15(9-11-16)20-17(23)13-26-19-22-21-18(25-19)12-14-6-4-3-5-7-14/h3-11H,2,12-13H2,1H3,(H,20,23). The van der Waals surface area contributed by atoms with E-state index in [-0.39, 0.29) is 11.7 Å². The van der Waals surface area contributed by atoms with Gasteiger partial charge in [0.15, 0.2) is 0 Å². The molecule has 7 heteroatoms. The third-order valence-electron chi connectivity index (χ3n) is 3.42. The van der Waals surface area contributed by atoms with Gasteiger partial charge in [0.05, 0.1) is 18.8 Å². The lowest BCUT2D eigenvalue weighted by atomic mass is 10.2. The Morgan fingerprint density at radius 2 is 1.88 bits per heavy atom. The molecule has 0 spiro atoms. The van der Waals surface area contributed by atoms with E-state index in [1.807, 2.05) is 49.4 Å². The van der Waals surface area contributed by atoms with Crippen LogP contribution in [0.15, 0.2) is 64.2 Å². The Balaban J connectivity index is 1.47. The minimum absolute atomic E-state index is 0.137. The number of carbonyl (C=O) groups excluding carboxylic acids is 1. The van der Waals surface area contributed by atoms with Crippen molar-refractivity contribution in [3.05, 3.63) is 66.1 Å². The summed E-state index contributed by atoms with van der Waals surface area (Å²) in [6.07, 6.45) is 0.576. The number of hydrogen-bond acceptors (Lipinski definition) is 6. The van der Waals surface area contributed by atoms with Crippen molar-refractivity contribution in [1.82, 2.24) is 10.2 Å². The Labute approximate surface area is 156 Å². The number of carbonyl (C=O) groups is 1. The first-order valence-electron chi connectivity index (χ1n) is 8.25. The van der Waals surface area contributed by atoms with E-state index in [9.17, 15) is 4.79 Å². The van der Waals surface area contributed by atoms with E-state index < -0.39 is 0 Å². The van der Waals surface area contributed by atoms with E-state index in [1.54, 1.807) is 12.1 Å². The average molecular weight is 369 g/mol. The summed E-state index contributed by atoms with van der Waals surface area (Å²) in [5.41, 5.74) is 1.82. The van der Waals surface area contributed by atoms with Crippen LogP contribution in [0.5, 0.6) is 5.75 Å². The summed E-state index contributed by atoms with van der Waals surface area (Å²) >= 11 is 1.21. The summed E-state index contributed by atoms with van der Waals surface area (Å²) in [4.78, 5) is 12.0. The Hall–Kier alpha value is -2.80. The highest BCUT2D eigenvalue weighted by Crippen LogP contribution is 2.19. The number of rotatable bonds is 8. The van der Waals surface area contributed by atoms with Gasteiger partial charge in [-0.2, -0.15) is 0 Å². The van der Waals surface area contributed by atoms with Crippen LogP contribution in [-0.4, -0.2) is 28.5 Å². The molecule has 26 heavy (non-hydrogen) atoms. The number of anilines is 1. The maximum atomic E-state index is 12.0. The van der Waals surface area contributed by atoms with Gasteiger partial charge < -0.3 is 14.5 Å². The van der Waals surface area contributed by atoms with Gasteiger partial charge in [0.25, 0.3) is 5.22 Å². The zero-order valence-corrected chi connectivity index (χ0v) is 15.2. The van der Waals surface area contributed by atoms with E-state index in [1.165, 1.54) is 11.8 Å². The smallest absolute Gasteiger partial charge is 0.277 e. The number of aromatic nitrogens is 2. The monoisotopic (exact) mass is 369 g/mol. The number of hydrogen-bond donors (Lipinski definition) is 1. The highest BCUT2D eigenvalue weighted by atomic mass is 32.2. The molecular formula is C19H19N3O3S. The fourth-order valence-electron chi connectivity index (χ4n) is 2.26. The number of nitrogens with zero attached hydrogens (tertiary/aromatic N) is 2. The highest BCUT2D eigenvalue weighted by molar-refractivity contribution is 7.99. The van der Waals surface area contributed by atoms with E-state index in [0.717, 1.165) is 11.3 Å². The van der Waals surface area contributed by atoms with Gasteiger partial charge >= 0.3 is 0 Å². The molecule has 0 aliphatic rings. The predicted molar refractivity (Wildman–Crippen MR) is 101 cm³/mol. The van der Waals surface area contributed by atoms with E-state index in [0.29, 0.717) is 29.8 Å². The van der Waals surface area contributed by atoms with Crippen molar-refractivity contribution >= 4 is 23.4 Å². The van der Waals surface area contributed by atoms with Crippen molar-refractivity contribution in [2.45, 2.75) is 18.6 Å². The Bertz CT molecular complexity index is 835. The molecule has 0 fully saturated rings. The van der Waals surface area contributed by atoms with Crippen LogP contribution < -0.4 is 10.1 Å². The quantitative estimate of drug-likeness (QED) is 0.609. The van der Waals surface area contributed by atoms with Crippen molar-refractivity contribution in [1.29, 1.82) is 0 Å². The van der Waals surface area contributed by atoms with Gasteiger partial charge in [-0.15, -0.1) is 10.2 Å². The lowest BCUT2D eigenvalue weighted by molar-refractivity contribution is -0.113. The number of benzene rings is 2. The molecule has 2 aromatic carbocycles. The Morgan fingerprint density at radius 3 is 2.62 bits per heavy atom. The van der Waals surface area contributed by atoms with Crippen LogP contribution in [0.2, 0.25) is 0 Å². The number of ether oxygens (including phenoxy) is 1. The topological polar surface area (TPSA) is 77.2 Å². The molecule has 1 aromatic heterocycles. The first kappa shape index (κ1) is 18.0. The van der Waals surface area contributed by atoms with Crippen molar-refractivity contribution in [2.75, 3.05) is 17.7 Å². The molecular weight excluding hydrogens is 350 g/mol. The van der Waals surface area contributed by atoms with Crippen LogP contribution in [0.3, 0.4) is 0 Å². The summed E-state index contributed by atoms with van der Waals surface area (Å²) in [6, 6.07) is 17.1. The number of amides is 1. The molecule has 0 saturated carbocycles. The second kappa shape index (κ2) is 9.05. The van der Waals surface area contributed by atoms with E-state index in [4.69, 9.17) is 9.15 Å². The van der Waals surface area contributed by atoms with E-state index in [2.05, 4.69) is 15.5 Å². The molecule has 3 rings (SSSR count). The Kier molecular flexibility index (Phi) is 6.27. The van der Waals surface area contributed by atoms with Gasteiger partial charge in [-0.25, -0.2) is 0 Å². The first-order chi connectivity index (χ1) is 12.7. The van der Waals surface area contributed by atoms with Crippen LogP contribution in [-0.2, 0) is 11.2 Å². The molecule has 0 saturated heterocycles. The predicted octanol–water partition coefficient (Wildman–Crippen LogP) is 3.79. The molecule has 134 valence electrons. The summed E-state index contributed by atoms with van der Waals surface area (Å²) in [6.45, 7) is 2.54. The summed E-state index contributed by atoms with van der Waals surface area (Å²) in [5, 5.41) is 11.2. The number of nitrogens with one attached hydrogen (secondary N) is 1. The van der Waals surface area contributed by atoms with Gasteiger partial charge in [-0.1, -0.05) is 42.1 Å². The summed E-state index contributed by atoms with van der Waals surface area (Å²) < 4.78 is 10.9. The third kappa shape index (κ3) is 5.35. The van der Waals surface area contributed by atoms with Crippen molar-refractivity contribution in [3.8, 4) is 5.75 Å². The highest BCUT2D eigenvalue weighted by Gasteiger charge is 2.10. The Morgan fingerprint density at radius 1 is 1.12 bits per heavy atom. The summed E-state index contributed by atoms with van der Waals surface area (Å²) in [7, 11) is 0. The molecule has 0 bridgehead atoms. The van der Waals surface area contributed by atoms with E-state index >= 15 is 0 Å². The molecule has 1 amide bonds. The molecule has 0 atom stereocenters. The lowest BCUT2D eigenvalue weighted by Gasteiger charge is -2.06. The molecule has 0 radical (unpaired) electrons. The molecule has 3 aromatic rings. The van der Waals surface area contributed by atoms with Crippen molar-refractivity contribution in [3.63, 3.8) is 0 Å². The second-order valence-corrected chi connectivity index (χ2v) is 6.34. The van der Waals surface area contributed by atoms with Crippen LogP contribution in [0, 0.1) is 0 Å². The minimum Gasteiger partial charge on any atom is -0.494 e. The van der Waals surface area contributed by atoms with Gasteiger partial charge in [-0.05, 0) is 36.8 Å². The number of thioether (sulfide) groups is 1. The fraction of sp³-hybridized carbons (Fsp3) is 0.211. The zero-order chi connectivity index (χ0) is 18.2. The lowest BCUT2D eigenvalue weighted by Crippen LogP contribution is -2.13. The summed E-state index contributed by atoms with van der Waals surface area (Å²) in [5.74, 6) is 1.37. The van der Waals surface area contributed by atoms with Gasteiger partial charge in [-0.3, -0.25) is 4.79 Å². The molecule has 1 N–H and O–H groups in total. The van der Waals surface area contributed by atoms with Crippen molar-refractivity contribution < 1.29 is 13.9 Å². The average Bonchev–Trinajstić information content (AvgIpc) is 3.10.